The minimum absolute atomic E-state index is 0.308. The van der Waals surface area contributed by atoms with Crippen LogP contribution >= 0.6 is 27.5 Å². The minimum Gasteiger partial charge on any atom is -0.492 e. The Hall–Kier alpha value is -0.290. The van der Waals surface area contributed by atoms with Crippen molar-refractivity contribution in [2.75, 3.05) is 19.7 Å². The molecule has 1 aromatic rings. The lowest BCUT2D eigenvalue weighted by atomic mass is 10.3. The van der Waals surface area contributed by atoms with Crippen LogP contribution in [0, 0.1) is 0 Å². The normalized spacial score (nSPS) is 12.5. The highest BCUT2D eigenvalue weighted by Crippen LogP contribution is 2.27. The van der Waals surface area contributed by atoms with E-state index in [-0.39, 0.29) is 6.10 Å². The van der Waals surface area contributed by atoms with Crippen molar-refractivity contribution in [2.45, 2.75) is 19.4 Å². The summed E-state index contributed by atoms with van der Waals surface area (Å²) in [7, 11) is 0. The Kier molecular flexibility index (Phi) is 6.89. The van der Waals surface area contributed by atoms with Crippen LogP contribution < -0.4 is 10.1 Å². The number of ether oxygens (including phenoxy) is 1. The van der Waals surface area contributed by atoms with Gasteiger partial charge in [0.15, 0.2) is 0 Å². The average molecular weight is 323 g/mol. The van der Waals surface area contributed by atoms with E-state index in [1.54, 1.807) is 6.92 Å². The Labute approximate surface area is 115 Å². The van der Waals surface area contributed by atoms with Crippen molar-refractivity contribution in [3.63, 3.8) is 0 Å². The largest absolute Gasteiger partial charge is 0.492 e. The number of benzene rings is 1. The zero-order valence-corrected chi connectivity index (χ0v) is 12.1. The quantitative estimate of drug-likeness (QED) is 0.759. The van der Waals surface area contributed by atoms with Gasteiger partial charge in [-0.1, -0.05) is 27.5 Å². The molecule has 0 radical (unpaired) electrons. The average Bonchev–Trinajstić information content (AvgIpc) is 2.25. The van der Waals surface area contributed by atoms with Crippen LogP contribution in [0.1, 0.15) is 13.3 Å². The van der Waals surface area contributed by atoms with Crippen molar-refractivity contribution in [1.29, 1.82) is 0 Å². The molecule has 0 aliphatic heterocycles. The third kappa shape index (κ3) is 6.27. The van der Waals surface area contributed by atoms with Gasteiger partial charge in [-0.15, -0.1) is 0 Å². The molecular weight excluding hydrogens is 305 g/mol. The number of aliphatic hydroxyl groups is 1. The summed E-state index contributed by atoms with van der Waals surface area (Å²) < 4.78 is 6.48. The molecule has 0 unspecified atom stereocenters. The highest BCUT2D eigenvalue weighted by atomic mass is 79.9. The van der Waals surface area contributed by atoms with Crippen molar-refractivity contribution < 1.29 is 9.84 Å². The molecule has 0 aliphatic rings. The molecule has 1 atom stereocenters. The van der Waals surface area contributed by atoms with Crippen LogP contribution in [0.3, 0.4) is 0 Å². The van der Waals surface area contributed by atoms with E-state index in [4.69, 9.17) is 21.4 Å². The Morgan fingerprint density at radius 1 is 1.53 bits per heavy atom. The molecule has 3 nitrogen and oxygen atoms in total. The molecule has 1 rings (SSSR count). The maximum absolute atomic E-state index is 9.03. The molecule has 0 heterocycles. The van der Waals surface area contributed by atoms with Crippen LogP contribution in [0.4, 0.5) is 0 Å². The lowest BCUT2D eigenvalue weighted by molar-refractivity contribution is 0.190. The molecule has 0 saturated carbocycles. The maximum atomic E-state index is 9.03. The summed E-state index contributed by atoms with van der Waals surface area (Å²) >= 11 is 9.35. The fourth-order valence-corrected chi connectivity index (χ4v) is 2.01. The molecule has 17 heavy (non-hydrogen) atoms. The van der Waals surface area contributed by atoms with Crippen LogP contribution in [-0.4, -0.2) is 30.9 Å². The first-order valence-corrected chi connectivity index (χ1v) is 6.73. The number of rotatable bonds is 7. The van der Waals surface area contributed by atoms with Crippen LogP contribution in [0.25, 0.3) is 0 Å². The molecule has 0 fully saturated rings. The Balaban J connectivity index is 2.18. The van der Waals surface area contributed by atoms with E-state index in [9.17, 15) is 0 Å². The minimum atomic E-state index is -0.308. The first kappa shape index (κ1) is 14.8. The maximum Gasteiger partial charge on any atom is 0.137 e. The SMILES string of the molecule is C[C@H](O)CNCCCOc1ccc(Br)cc1Cl. The van der Waals surface area contributed by atoms with Gasteiger partial charge in [0.25, 0.3) is 0 Å². The van der Waals surface area contributed by atoms with Gasteiger partial charge in [-0.05, 0) is 38.1 Å². The molecule has 0 saturated heterocycles. The second-order valence-corrected chi connectivity index (χ2v) is 5.15. The van der Waals surface area contributed by atoms with Crippen molar-refractivity contribution in [2.24, 2.45) is 0 Å². The lowest BCUT2D eigenvalue weighted by Crippen LogP contribution is -2.26. The van der Waals surface area contributed by atoms with E-state index < -0.39 is 0 Å². The Morgan fingerprint density at radius 2 is 2.29 bits per heavy atom. The zero-order valence-electron chi connectivity index (χ0n) is 9.75. The first-order chi connectivity index (χ1) is 8.09. The monoisotopic (exact) mass is 321 g/mol. The van der Waals surface area contributed by atoms with Crippen LogP contribution in [0.5, 0.6) is 5.75 Å². The van der Waals surface area contributed by atoms with Crippen LogP contribution in [-0.2, 0) is 0 Å². The Bertz CT molecular complexity index is 347. The number of aliphatic hydroxyl groups excluding tert-OH is 1. The number of nitrogens with one attached hydrogen (secondary N) is 1. The van der Waals surface area contributed by atoms with Gasteiger partial charge in [-0.3, -0.25) is 0 Å². The molecule has 5 heteroatoms. The Morgan fingerprint density at radius 3 is 2.94 bits per heavy atom. The first-order valence-electron chi connectivity index (χ1n) is 5.56. The number of hydrogen-bond donors (Lipinski definition) is 2. The van der Waals surface area contributed by atoms with Crippen molar-refractivity contribution >= 4 is 27.5 Å². The summed E-state index contributed by atoms with van der Waals surface area (Å²) in [4.78, 5) is 0. The van der Waals surface area contributed by atoms with Crippen LogP contribution in [0.15, 0.2) is 22.7 Å². The molecule has 96 valence electrons. The highest BCUT2D eigenvalue weighted by molar-refractivity contribution is 9.10. The topological polar surface area (TPSA) is 41.5 Å². The summed E-state index contributed by atoms with van der Waals surface area (Å²) in [6, 6.07) is 5.55. The summed E-state index contributed by atoms with van der Waals surface area (Å²) in [5.41, 5.74) is 0. The number of hydrogen-bond acceptors (Lipinski definition) is 3. The summed E-state index contributed by atoms with van der Waals surface area (Å²) in [5, 5.41) is 12.8. The summed E-state index contributed by atoms with van der Waals surface area (Å²) in [5.74, 6) is 0.699. The zero-order chi connectivity index (χ0) is 12.7. The van der Waals surface area contributed by atoms with Gasteiger partial charge < -0.3 is 15.2 Å². The fraction of sp³-hybridized carbons (Fsp3) is 0.500. The molecule has 1 aromatic carbocycles. The van der Waals surface area contributed by atoms with Gasteiger partial charge in [-0.25, -0.2) is 0 Å². The molecule has 0 spiro atoms. The highest BCUT2D eigenvalue weighted by Gasteiger charge is 2.01. The van der Waals surface area contributed by atoms with E-state index in [2.05, 4.69) is 21.2 Å². The van der Waals surface area contributed by atoms with Crippen LogP contribution in [0.2, 0.25) is 5.02 Å². The van der Waals surface area contributed by atoms with Crippen molar-refractivity contribution in [3.8, 4) is 5.75 Å². The lowest BCUT2D eigenvalue weighted by Gasteiger charge is -2.09. The van der Waals surface area contributed by atoms with Gasteiger partial charge in [-0.2, -0.15) is 0 Å². The van der Waals surface area contributed by atoms with E-state index in [0.717, 1.165) is 17.4 Å². The molecular formula is C12H17BrClNO2. The molecule has 0 aromatic heterocycles. The van der Waals surface area contributed by atoms with Crippen molar-refractivity contribution in [3.05, 3.63) is 27.7 Å². The van der Waals surface area contributed by atoms with Gasteiger partial charge >= 0.3 is 0 Å². The predicted molar refractivity (Wildman–Crippen MR) is 73.8 cm³/mol. The molecule has 2 N–H and O–H groups in total. The predicted octanol–water partition coefficient (Wildman–Crippen LogP) is 2.84. The third-order valence-corrected chi connectivity index (χ3v) is 2.88. The van der Waals surface area contributed by atoms with Crippen molar-refractivity contribution in [1.82, 2.24) is 5.32 Å². The number of halogens is 2. The van der Waals surface area contributed by atoms with Gasteiger partial charge in [0.2, 0.25) is 0 Å². The molecule has 0 aliphatic carbocycles. The second-order valence-electron chi connectivity index (χ2n) is 3.83. The van der Waals surface area contributed by atoms with E-state index >= 15 is 0 Å². The van der Waals surface area contributed by atoms with Gasteiger partial charge in [0.05, 0.1) is 17.7 Å². The smallest absolute Gasteiger partial charge is 0.137 e. The fourth-order valence-electron chi connectivity index (χ4n) is 1.28. The van der Waals surface area contributed by atoms with Gasteiger partial charge in [0, 0.05) is 11.0 Å². The van der Waals surface area contributed by atoms with Gasteiger partial charge in [0.1, 0.15) is 5.75 Å². The summed E-state index contributed by atoms with van der Waals surface area (Å²) in [6.45, 7) is 3.79. The standard InChI is InChI=1S/C12H17BrClNO2/c1-9(16)8-15-5-2-6-17-12-4-3-10(13)7-11(12)14/h3-4,7,9,15-16H,2,5-6,8H2,1H3/t9-/m0/s1. The third-order valence-electron chi connectivity index (χ3n) is 2.09. The van der Waals surface area contributed by atoms with E-state index in [1.807, 2.05) is 18.2 Å². The van der Waals surface area contributed by atoms with E-state index in [1.165, 1.54) is 0 Å². The molecule has 0 bridgehead atoms. The van der Waals surface area contributed by atoms with E-state index in [0.29, 0.717) is 23.9 Å². The second kappa shape index (κ2) is 7.93. The molecule has 0 amide bonds. The summed E-state index contributed by atoms with van der Waals surface area (Å²) in [6.07, 6.45) is 0.566.